The molecular weight excluding hydrogens is 363 g/mol. The number of hydrogen-bond acceptors (Lipinski definition) is 2. The lowest BCUT2D eigenvalue weighted by atomic mass is 9.81. The number of carbonyl (C=O) groups excluding carboxylic acids is 1. The SMILES string of the molecule is O=C(NC1C[C@H]2CCC[C@H](C1)N2Cc1ccc(F)cc1)c1cccc(Cl)c1. The Labute approximate surface area is 164 Å². The van der Waals surface area contributed by atoms with Crippen molar-refractivity contribution in [3.05, 3.63) is 70.5 Å². The predicted octanol–water partition coefficient (Wildman–Crippen LogP) is 4.79. The van der Waals surface area contributed by atoms with Gasteiger partial charge in [0.25, 0.3) is 5.91 Å². The normalized spacial score (nSPS) is 25.2. The Hall–Kier alpha value is -1.91. The molecule has 5 heteroatoms. The standard InChI is InChI=1S/C22H24ClFN2O/c23-17-4-1-3-16(11-17)22(27)25-19-12-20-5-2-6-21(13-19)26(20)14-15-7-9-18(24)10-8-15/h1,3-4,7-11,19-21H,2,5-6,12-14H2,(H,25,27)/t20-,21-/m1/s1. The van der Waals surface area contributed by atoms with E-state index in [1.54, 1.807) is 24.3 Å². The maximum atomic E-state index is 13.2. The molecule has 0 radical (unpaired) electrons. The first-order valence-corrected chi connectivity index (χ1v) is 10.0. The molecule has 3 nitrogen and oxygen atoms in total. The third kappa shape index (κ3) is 4.33. The summed E-state index contributed by atoms with van der Waals surface area (Å²) >= 11 is 6.01. The second kappa shape index (κ2) is 7.99. The number of fused-ring (bicyclic) bond motifs is 2. The van der Waals surface area contributed by atoms with Gasteiger partial charge in [0.05, 0.1) is 0 Å². The van der Waals surface area contributed by atoms with Crippen molar-refractivity contribution < 1.29 is 9.18 Å². The molecule has 0 aliphatic carbocycles. The number of hydrogen-bond donors (Lipinski definition) is 1. The molecule has 2 aliphatic rings. The summed E-state index contributed by atoms with van der Waals surface area (Å²) in [7, 11) is 0. The quantitative estimate of drug-likeness (QED) is 0.818. The van der Waals surface area contributed by atoms with Gasteiger partial charge in [-0.05, 0) is 61.6 Å². The highest BCUT2D eigenvalue weighted by molar-refractivity contribution is 6.30. The molecule has 0 saturated carbocycles. The third-order valence-corrected chi connectivity index (χ3v) is 6.06. The summed E-state index contributed by atoms with van der Waals surface area (Å²) in [5.41, 5.74) is 1.76. The van der Waals surface area contributed by atoms with Crippen LogP contribution in [0.1, 0.15) is 48.0 Å². The van der Waals surface area contributed by atoms with E-state index >= 15 is 0 Å². The fourth-order valence-electron chi connectivity index (χ4n) is 4.55. The molecule has 1 amide bonds. The Morgan fingerprint density at radius 2 is 1.81 bits per heavy atom. The van der Waals surface area contributed by atoms with Crippen LogP contribution in [0, 0.1) is 5.82 Å². The number of rotatable bonds is 4. The molecule has 2 saturated heterocycles. The molecular formula is C22H24ClFN2O. The van der Waals surface area contributed by atoms with Gasteiger partial charge < -0.3 is 5.32 Å². The molecule has 142 valence electrons. The maximum absolute atomic E-state index is 13.2. The lowest BCUT2D eigenvalue weighted by Gasteiger charge is -2.49. The van der Waals surface area contributed by atoms with Crippen molar-refractivity contribution in [1.29, 1.82) is 0 Å². The molecule has 0 aromatic heterocycles. The van der Waals surface area contributed by atoms with E-state index < -0.39 is 0 Å². The van der Waals surface area contributed by atoms with Crippen LogP contribution in [0.5, 0.6) is 0 Å². The predicted molar refractivity (Wildman–Crippen MR) is 105 cm³/mol. The van der Waals surface area contributed by atoms with Crippen LogP contribution in [-0.2, 0) is 6.54 Å². The van der Waals surface area contributed by atoms with E-state index in [-0.39, 0.29) is 17.8 Å². The van der Waals surface area contributed by atoms with Crippen molar-refractivity contribution in [2.24, 2.45) is 0 Å². The van der Waals surface area contributed by atoms with Gasteiger partial charge in [-0.3, -0.25) is 9.69 Å². The summed E-state index contributed by atoms with van der Waals surface area (Å²) in [6, 6.07) is 15.0. The molecule has 4 rings (SSSR count). The smallest absolute Gasteiger partial charge is 0.251 e. The van der Waals surface area contributed by atoms with Crippen molar-refractivity contribution in [1.82, 2.24) is 10.2 Å². The zero-order valence-electron chi connectivity index (χ0n) is 15.2. The number of nitrogens with one attached hydrogen (secondary N) is 1. The summed E-state index contributed by atoms with van der Waals surface area (Å²) in [5, 5.41) is 3.79. The van der Waals surface area contributed by atoms with E-state index in [2.05, 4.69) is 10.2 Å². The van der Waals surface area contributed by atoms with E-state index in [0.717, 1.165) is 37.8 Å². The van der Waals surface area contributed by atoms with Crippen LogP contribution < -0.4 is 5.32 Å². The Morgan fingerprint density at radius 1 is 1.11 bits per heavy atom. The van der Waals surface area contributed by atoms with Crippen LogP contribution in [0.15, 0.2) is 48.5 Å². The molecule has 27 heavy (non-hydrogen) atoms. The van der Waals surface area contributed by atoms with Crippen LogP contribution in [0.25, 0.3) is 0 Å². The van der Waals surface area contributed by atoms with E-state index in [1.807, 2.05) is 12.1 Å². The second-order valence-corrected chi connectivity index (χ2v) is 8.13. The van der Waals surface area contributed by atoms with Gasteiger partial charge in [0.1, 0.15) is 5.82 Å². The molecule has 1 N–H and O–H groups in total. The first-order valence-electron chi connectivity index (χ1n) is 9.65. The lowest BCUT2D eigenvalue weighted by Crippen LogP contribution is -2.56. The fraction of sp³-hybridized carbons (Fsp3) is 0.409. The van der Waals surface area contributed by atoms with Crippen LogP contribution in [0.4, 0.5) is 4.39 Å². The van der Waals surface area contributed by atoms with Gasteiger partial charge in [0, 0.05) is 35.3 Å². The molecule has 2 heterocycles. The van der Waals surface area contributed by atoms with Crippen LogP contribution in [-0.4, -0.2) is 28.9 Å². The first-order chi connectivity index (χ1) is 13.1. The average Bonchev–Trinajstić information content (AvgIpc) is 2.64. The Kier molecular flexibility index (Phi) is 5.46. The highest BCUT2D eigenvalue weighted by Gasteiger charge is 2.38. The molecule has 2 aromatic carbocycles. The van der Waals surface area contributed by atoms with E-state index in [4.69, 9.17) is 11.6 Å². The van der Waals surface area contributed by atoms with E-state index in [0.29, 0.717) is 22.7 Å². The Morgan fingerprint density at radius 3 is 2.48 bits per heavy atom. The topological polar surface area (TPSA) is 32.3 Å². The summed E-state index contributed by atoms with van der Waals surface area (Å²) in [4.78, 5) is 15.1. The van der Waals surface area contributed by atoms with Gasteiger partial charge in [-0.1, -0.05) is 36.2 Å². The highest BCUT2D eigenvalue weighted by Crippen LogP contribution is 2.35. The van der Waals surface area contributed by atoms with Gasteiger partial charge in [0.2, 0.25) is 0 Å². The number of halogens is 2. The fourth-order valence-corrected chi connectivity index (χ4v) is 4.74. The lowest BCUT2D eigenvalue weighted by molar-refractivity contribution is 0.0177. The second-order valence-electron chi connectivity index (χ2n) is 7.69. The van der Waals surface area contributed by atoms with Gasteiger partial charge >= 0.3 is 0 Å². The Bertz CT molecular complexity index is 796. The number of benzene rings is 2. The van der Waals surface area contributed by atoms with Crippen LogP contribution in [0.3, 0.4) is 0 Å². The minimum absolute atomic E-state index is 0.0486. The summed E-state index contributed by atoms with van der Waals surface area (Å²) in [5.74, 6) is -0.242. The summed E-state index contributed by atoms with van der Waals surface area (Å²) in [6.07, 6.45) is 5.47. The van der Waals surface area contributed by atoms with Crippen molar-refractivity contribution in [2.75, 3.05) is 0 Å². The van der Waals surface area contributed by atoms with Gasteiger partial charge in [-0.2, -0.15) is 0 Å². The molecule has 0 unspecified atom stereocenters. The summed E-state index contributed by atoms with van der Waals surface area (Å²) in [6.45, 7) is 0.852. The zero-order valence-corrected chi connectivity index (χ0v) is 16.0. The zero-order chi connectivity index (χ0) is 18.8. The molecule has 2 aliphatic heterocycles. The average molecular weight is 387 g/mol. The van der Waals surface area contributed by atoms with Crippen molar-refractivity contribution >= 4 is 17.5 Å². The highest BCUT2D eigenvalue weighted by atomic mass is 35.5. The molecule has 0 spiro atoms. The third-order valence-electron chi connectivity index (χ3n) is 5.83. The number of piperidine rings is 2. The number of carbonyl (C=O) groups is 1. The Balaban J connectivity index is 1.41. The molecule has 2 atom stereocenters. The van der Waals surface area contributed by atoms with Crippen LogP contribution >= 0.6 is 11.6 Å². The minimum atomic E-state index is -0.193. The van der Waals surface area contributed by atoms with Crippen molar-refractivity contribution in [2.45, 2.75) is 56.8 Å². The molecule has 2 bridgehead atoms. The monoisotopic (exact) mass is 386 g/mol. The summed E-state index contributed by atoms with van der Waals surface area (Å²) < 4.78 is 13.2. The van der Waals surface area contributed by atoms with Crippen LogP contribution in [0.2, 0.25) is 5.02 Å². The van der Waals surface area contributed by atoms with E-state index in [9.17, 15) is 9.18 Å². The number of nitrogens with zero attached hydrogens (tertiary/aromatic N) is 1. The van der Waals surface area contributed by atoms with Crippen molar-refractivity contribution in [3.8, 4) is 0 Å². The number of amides is 1. The molecule has 2 aromatic rings. The van der Waals surface area contributed by atoms with Gasteiger partial charge in [-0.15, -0.1) is 0 Å². The van der Waals surface area contributed by atoms with Gasteiger partial charge in [0.15, 0.2) is 0 Å². The molecule has 2 fully saturated rings. The van der Waals surface area contributed by atoms with Crippen molar-refractivity contribution in [3.63, 3.8) is 0 Å². The first kappa shape index (κ1) is 18.5. The van der Waals surface area contributed by atoms with E-state index in [1.165, 1.54) is 18.6 Å². The maximum Gasteiger partial charge on any atom is 0.251 e. The largest absolute Gasteiger partial charge is 0.349 e. The van der Waals surface area contributed by atoms with Gasteiger partial charge in [-0.25, -0.2) is 4.39 Å². The minimum Gasteiger partial charge on any atom is -0.349 e.